The highest BCUT2D eigenvalue weighted by Crippen LogP contribution is 2.23. The molecule has 0 fully saturated rings. The van der Waals surface area contributed by atoms with Crippen molar-refractivity contribution in [1.29, 1.82) is 0 Å². The number of carbonyl (C=O) groups excluding carboxylic acids is 1. The largest absolute Gasteiger partial charge is 0.506 e. The van der Waals surface area contributed by atoms with Crippen molar-refractivity contribution >= 4 is 11.9 Å². The summed E-state index contributed by atoms with van der Waals surface area (Å²) in [4.78, 5) is 25.3. The monoisotopic (exact) mass is 388 g/mol. The van der Waals surface area contributed by atoms with E-state index >= 15 is 0 Å². The number of aliphatic hydroxyl groups is 4. The van der Waals surface area contributed by atoms with Crippen LogP contribution in [-0.4, -0.2) is 66.8 Å². The third-order valence-corrected chi connectivity index (χ3v) is 3.79. The van der Waals surface area contributed by atoms with Crippen molar-refractivity contribution in [1.82, 2.24) is 10.3 Å². The molecule has 7 N–H and O–H groups in total. The van der Waals surface area contributed by atoms with E-state index in [4.69, 9.17) is 20.4 Å². The number of aliphatic carboxylic acids is 1. The molecule has 0 radical (unpaired) electrons. The van der Waals surface area contributed by atoms with Crippen LogP contribution < -0.4 is 5.32 Å². The molecule has 154 valence electrons. The predicted octanol–water partition coefficient (Wildman–Crippen LogP) is -0.963. The van der Waals surface area contributed by atoms with Crippen molar-refractivity contribution in [3.63, 3.8) is 0 Å². The van der Waals surface area contributed by atoms with Crippen LogP contribution in [0.3, 0.4) is 0 Å². The minimum atomic E-state index is -1.35. The second kappa shape index (κ2) is 11.4. The second-order valence-electron chi connectivity index (χ2n) is 6.50. The van der Waals surface area contributed by atoms with Crippen molar-refractivity contribution in [2.24, 2.45) is 5.41 Å². The van der Waals surface area contributed by atoms with Gasteiger partial charge in [0.2, 0.25) is 5.91 Å². The van der Waals surface area contributed by atoms with Gasteiger partial charge < -0.3 is 36.0 Å². The number of carboxylic acids is 1. The number of aliphatic hydroxyl groups excluding tert-OH is 4. The van der Waals surface area contributed by atoms with Gasteiger partial charge in [0, 0.05) is 29.3 Å². The third kappa shape index (κ3) is 7.87. The number of aromatic hydroxyl groups is 1. The van der Waals surface area contributed by atoms with Gasteiger partial charge in [0.05, 0.1) is 31.9 Å². The standard InChI is InChI=1S/C9H17NO5.C8H11NO3/c1-9(2,5-11)7(14)8(15)10-4-3-6(12)13;1-5-8(12)7(4-11)6(3-10)2-9-5/h7,11,14H,3-5H2,1-2H3,(H,10,15)(H,12,13);2,10-12H,3-4H2,1H3/t7-;/m0./s1. The van der Waals surface area contributed by atoms with E-state index in [9.17, 15) is 19.8 Å². The number of aryl methyl sites for hydroxylation is 1. The van der Waals surface area contributed by atoms with Gasteiger partial charge in [-0.2, -0.15) is 0 Å². The number of hydrogen-bond acceptors (Lipinski definition) is 8. The molecular formula is C17H28N2O8. The van der Waals surface area contributed by atoms with Gasteiger partial charge in [-0.1, -0.05) is 13.8 Å². The smallest absolute Gasteiger partial charge is 0.305 e. The van der Waals surface area contributed by atoms with Gasteiger partial charge >= 0.3 is 5.97 Å². The summed E-state index contributed by atoms with van der Waals surface area (Å²) in [5.41, 5.74) is 0.328. The molecule has 1 heterocycles. The van der Waals surface area contributed by atoms with Gasteiger partial charge in [-0.05, 0) is 6.92 Å². The second-order valence-corrected chi connectivity index (χ2v) is 6.50. The first kappa shape index (κ1) is 24.7. The van der Waals surface area contributed by atoms with Gasteiger partial charge in [-0.25, -0.2) is 0 Å². The molecule has 0 aliphatic carbocycles. The molecule has 0 bridgehead atoms. The molecule has 10 heteroatoms. The normalized spacial score (nSPS) is 12.0. The Kier molecular flexibility index (Phi) is 10.5. The summed E-state index contributed by atoms with van der Waals surface area (Å²) in [6.07, 6.45) is -0.102. The van der Waals surface area contributed by atoms with E-state index in [-0.39, 0.29) is 38.5 Å². The van der Waals surface area contributed by atoms with Crippen LogP contribution in [0.1, 0.15) is 37.1 Å². The highest BCUT2D eigenvalue weighted by Gasteiger charge is 2.32. The lowest BCUT2D eigenvalue weighted by Crippen LogP contribution is -2.45. The average Bonchev–Trinajstić information content (AvgIpc) is 2.63. The zero-order chi connectivity index (χ0) is 21.2. The molecule has 1 atom stereocenters. The lowest BCUT2D eigenvalue weighted by atomic mass is 9.87. The number of nitrogens with zero attached hydrogens (tertiary/aromatic N) is 1. The lowest BCUT2D eigenvalue weighted by molar-refractivity contribution is -0.138. The lowest BCUT2D eigenvalue weighted by Gasteiger charge is -2.26. The number of aromatic nitrogens is 1. The first-order chi connectivity index (χ1) is 12.5. The van der Waals surface area contributed by atoms with Crippen LogP contribution in [0, 0.1) is 12.3 Å². The van der Waals surface area contributed by atoms with Crippen molar-refractivity contribution in [3.8, 4) is 5.75 Å². The molecule has 10 nitrogen and oxygen atoms in total. The molecule has 0 aromatic carbocycles. The molecule has 0 aliphatic heterocycles. The molecular weight excluding hydrogens is 360 g/mol. The fourth-order valence-electron chi connectivity index (χ4n) is 1.83. The van der Waals surface area contributed by atoms with Crippen LogP contribution in [0.4, 0.5) is 0 Å². The summed E-state index contributed by atoms with van der Waals surface area (Å²) in [5.74, 6) is -1.73. The Bertz CT molecular complexity index is 634. The highest BCUT2D eigenvalue weighted by atomic mass is 16.4. The maximum absolute atomic E-state index is 11.3. The first-order valence-electron chi connectivity index (χ1n) is 8.18. The van der Waals surface area contributed by atoms with Crippen LogP contribution >= 0.6 is 0 Å². The Morgan fingerprint density at radius 3 is 2.26 bits per heavy atom. The summed E-state index contributed by atoms with van der Waals surface area (Å²) < 4.78 is 0. The van der Waals surface area contributed by atoms with Crippen molar-refractivity contribution in [2.75, 3.05) is 13.2 Å². The number of nitrogens with one attached hydrogen (secondary N) is 1. The van der Waals surface area contributed by atoms with Crippen LogP contribution in [0.15, 0.2) is 6.20 Å². The van der Waals surface area contributed by atoms with Crippen molar-refractivity contribution < 1.29 is 40.2 Å². The Morgan fingerprint density at radius 1 is 1.22 bits per heavy atom. The number of hydrogen-bond donors (Lipinski definition) is 7. The zero-order valence-electron chi connectivity index (χ0n) is 15.6. The highest BCUT2D eigenvalue weighted by molar-refractivity contribution is 5.81. The van der Waals surface area contributed by atoms with E-state index in [0.717, 1.165) is 0 Å². The Hall–Kier alpha value is -2.27. The van der Waals surface area contributed by atoms with Crippen LogP contribution in [0.25, 0.3) is 0 Å². The van der Waals surface area contributed by atoms with Crippen LogP contribution in [0.2, 0.25) is 0 Å². The topological polar surface area (TPSA) is 180 Å². The summed E-state index contributed by atoms with van der Waals surface area (Å²) in [6.45, 7) is 3.83. The fraction of sp³-hybridized carbons (Fsp3) is 0.588. The van der Waals surface area contributed by atoms with Crippen LogP contribution in [-0.2, 0) is 22.8 Å². The van der Waals surface area contributed by atoms with Gasteiger partial charge in [0.1, 0.15) is 11.9 Å². The Balaban J connectivity index is 0.000000511. The molecule has 1 rings (SSSR count). The van der Waals surface area contributed by atoms with E-state index in [0.29, 0.717) is 16.8 Å². The number of carboxylic acid groups (broad SMARTS) is 1. The minimum absolute atomic E-state index is 0.0350. The average molecular weight is 388 g/mol. The molecule has 1 aromatic rings. The first-order valence-corrected chi connectivity index (χ1v) is 8.18. The van der Waals surface area contributed by atoms with E-state index < -0.39 is 23.4 Å². The number of amides is 1. The van der Waals surface area contributed by atoms with Crippen LogP contribution in [0.5, 0.6) is 5.75 Å². The minimum Gasteiger partial charge on any atom is -0.506 e. The number of pyridine rings is 1. The maximum atomic E-state index is 11.3. The van der Waals surface area contributed by atoms with E-state index in [1.807, 2.05) is 0 Å². The number of carbonyl (C=O) groups is 2. The summed E-state index contributed by atoms with van der Waals surface area (Å²) in [5, 5.41) is 56.0. The zero-order valence-corrected chi connectivity index (χ0v) is 15.6. The van der Waals surface area contributed by atoms with Gasteiger partial charge in [-0.3, -0.25) is 14.6 Å². The summed E-state index contributed by atoms with van der Waals surface area (Å²) in [6, 6.07) is 0. The van der Waals surface area contributed by atoms with E-state index in [1.54, 1.807) is 6.92 Å². The molecule has 27 heavy (non-hydrogen) atoms. The number of rotatable bonds is 8. The molecule has 1 aromatic heterocycles. The van der Waals surface area contributed by atoms with E-state index in [1.165, 1.54) is 20.0 Å². The predicted molar refractivity (Wildman–Crippen MR) is 94.6 cm³/mol. The third-order valence-electron chi connectivity index (χ3n) is 3.79. The van der Waals surface area contributed by atoms with Gasteiger partial charge in [-0.15, -0.1) is 0 Å². The Labute approximate surface area is 157 Å². The van der Waals surface area contributed by atoms with E-state index in [2.05, 4.69) is 10.3 Å². The van der Waals surface area contributed by atoms with Crippen molar-refractivity contribution in [3.05, 3.63) is 23.0 Å². The Morgan fingerprint density at radius 2 is 1.81 bits per heavy atom. The quantitative estimate of drug-likeness (QED) is 0.295. The fourth-order valence-corrected chi connectivity index (χ4v) is 1.83. The van der Waals surface area contributed by atoms with Gasteiger partial charge in [0.15, 0.2) is 0 Å². The maximum Gasteiger partial charge on any atom is 0.305 e. The molecule has 0 saturated carbocycles. The molecule has 0 aliphatic rings. The molecule has 1 amide bonds. The molecule has 0 unspecified atom stereocenters. The van der Waals surface area contributed by atoms with Gasteiger partial charge in [0.25, 0.3) is 0 Å². The molecule has 0 spiro atoms. The summed E-state index contributed by atoms with van der Waals surface area (Å²) >= 11 is 0. The van der Waals surface area contributed by atoms with Crippen molar-refractivity contribution in [2.45, 2.75) is 46.5 Å². The SMILES string of the molecule is CC(C)(CO)[C@@H](O)C(=O)NCCC(=O)O.Cc1ncc(CO)c(CO)c1O. The molecule has 0 saturated heterocycles. The summed E-state index contributed by atoms with van der Waals surface area (Å²) in [7, 11) is 0.